The van der Waals surface area contributed by atoms with E-state index in [2.05, 4.69) is 6.92 Å². The van der Waals surface area contributed by atoms with Gasteiger partial charge in [-0.2, -0.15) is 0 Å². The Bertz CT molecular complexity index is 420. The molecule has 0 saturated heterocycles. The number of ketones is 1. The van der Waals surface area contributed by atoms with Crippen LogP contribution in [0.3, 0.4) is 0 Å². The van der Waals surface area contributed by atoms with Crippen molar-refractivity contribution in [3.63, 3.8) is 0 Å². The lowest BCUT2D eigenvalue weighted by atomic mass is 9.92. The largest absolute Gasteiger partial charge is 0.481 e. The molecule has 0 amide bonds. The third-order valence-corrected chi connectivity index (χ3v) is 3.30. The minimum atomic E-state index is -1.01. The highest BCUT2D eigenvalue weighted by Gasteiger charge is 2.26. The molecule has 0 fully saturated rings. The first-order chi connectivity index (χ1) is 9.06. The van der Waals surface area contributed by atoms with Crippen molar-refractivity contribution in [2.45, 2.75) is 46.0 Å². The SMILES string of the molecule is CCCCCCC(C(=O)O)C(=O)c1ccc(C)cc1. The zero-order valence-corrected chi connectivity index (χ0v) is 11.7. The van der Waals surface area contributed by atoms with Crippen molar-refractivity contribution >= 4 is 11.8 Å². The van der Waals surface area contributed by atoms with E-state index in [0.29, 0.717) is 12.0 Å². The molecule has 0 aliphatic heterocycles. The predicted molar refractivity (Wildman–Crippen MR) is 75.4 cm³/mol. The van der Waals surface area contributed by atoms with Crippen LogP contribution in [0, 0.1) is 12.8 Å². The maximum absolute atomic E-state index is 12.2. The quantitative estimate of drug-likeness (QED) is 0.440. The molecule has 1 rings (SSSR count). The first kappa shape index (κ1) is 15.4. The molecule has 0 heterocycles. The second-order valence-electron chi connectivity index (χ2n) is 4.97. The number of carboxylic acids is 1. The van der Waals surface area contributed by atoms with Gasteiger partial charge in [0.25, 0.3) is 0 Å². The minimum absolute atomic E-state index is 0.274. The van der Waals surface area contributed by atoms with E-state index < -0.39 is 11.9 Å². The van der Waals surface area contributed by atoms with E-state index in [1.165, 1.54) is 0 Å². The van der Waals surface area contributed by atoms with E-state index in [0.717, 1.165) is 31.2 Å². The summed E-state index contributed by atoms with van der Waals surface area (Å²) in [4.78, 5) is 23.4. The van der Waals surface area contributed by atoms with E-state index >= 15 is 0 Å². The highest BCUT2D eigenvalue weighted by atomic mass is 16.4. The van der Waals surface area contributed by atoms with Crippen LogP contribution < -0.4 is 0 Å². The molecule has 0 spiro atoms. The Morgan fingerprint density at radius 3 is 2.26 bits per heavy atom. The smallest absolute Gasteiger partial charge is 0.314 e. The molecule has 1 atom stereocenters. The summed E-state index contributed by atoms with van der Waals surface area (Å²) in [6, 6.07) is 7.09. The van der Waals surface area contributed by atoms with Gasteiger partial charge in [0.1, 0.15) is 5.92 Å². The number of hydrogen-bond acceptors (Lipinski definition) is 2. The molecule has 0 aromatic heterocycles. The zero-order valence-electron chi connectivity index (χ0n) is 11.7. The van der Waals surface area contributed by atoms with Crippen LogP contribution in [0.25, 0.3) is 0 Å². The van der Waals surface area contributed by atoms with Gasteiger partial charge in [-0.15, -0.1) is 0 Å². The van der Waals surface area contributed by atoms with Crippen molar-refractivity contribution in [2.75, 3.05) is 0 Å². The number of hydrogen-bond donors (Lipinski definition) is 1. The fourth-order valence-corrected chi connectivity index (χ4v) is 2.06. The van der Waals surface area contributed by atoms with Gasteiger partial charge in [-0.25, -0.2) is 0 Å². The van der Waals surface area contributed by atoms with Crippen molar-refractivity contribution in [3.8, 4) is 0 Å². The normalized spacial score (nSPS) is 12.1. The maximum atomic E-state index is 12.2. The van der Waals surface area contributed by atoms with Crippen LogP contribution in [0.15, 0.2) is 24.3 Å². The number of aliphatic carboxylic acids is 1. The van der Waals surface area contributed by atoms with Crippen LogP contribution in [-0.4, -0.2) is 16.9 Å². The highest BCUT2D eigenvalue weighted by molar-refractivity contribution is 6.08. The minimum Gasteiger partial charge on any atom is -0.481 e. The van der Waals surface area contributed by atoms with Gasteiger partial charge in [-0.3, -0.25) is 9.59 Å². The van der Waals surface area contributed by atoms with Gasteiger partial charge in [0.2, 0.25) is 0 Å². The summed E-state index contributed by atoms with van der Waals surface area (Å²) >= 11 is 0. The number of carbonyl (C=O) groups excluding carboxylic acids is 1. The number of Topliss-reactive ketones (excluding diaryl/α,β-unsaturated/α-hetero) is 1. The summed E-state index contributed by atoms with van der Waals surface area (Å²) in [7, 11) is 0. The second-order valence-corrected chi connectivity index (χ2v) is 4.97. The van der Waals surface area contributed by atoms with Crippen LogP contribution >= 0.6 is 0 Å². The van der Waals surface area contributed by atoms with Crippen LogP contribution in [0.5, 0.6) is 0 Å². The van der Waals surface area contributed by atoms with Crippen LogP contribution in [-0.2, 0) is 4.79 Å². The van der Waals surface area contributed by atoms with Gasteiger partial charge < -0.3 is 5.11 Å². The molecule has 104 valence electrons. The number of carboxylic acid groups (broad SMARTS) is 1. The summed E-state index contributed by atoms with van der Waals surface area (Å²) in [6.07, 6.45) is 4.40. The molecule has 1 N–H and O–H groups in total. The number of aryl methyl sites for hydroxylation is 1. The fourth-order valence-electron chi connectivity index (χ4n) is 2.06. The average molecular weight is 262 g/mol. The lowest BCUT2D eigenvalue weighted by Gasteiger charge is -2.11. The average Bonchev–Trinajstić information content (AvgIpc) is 2.38. The van der Waals surface area contributed by atoms with Crippen LogP contribution in [0.4, 0.5) is 0 Å². The maximum Gasteiger partial charge on any atom is 0.314 e. The molecule has 19 heavy (non-hydrogen) atoms. The van der Waals surface area contributed by atoms with Crippen LogP contribution in [0.2, 0.25) is 0 Å². The standard InChI is InChI=1S/C16H22O3/c1-3-4-5-6-7-14(16(18)19)15(17)13-10-8-12(2)9-11-13/h8-11,14H,3-7H2,1-2H3,(H,18,19). The summed E-state index contributed by atoms with van der Waals surface area (Å²) < 4.78 is 0. The Morgan fingerprint density at radius 2 is 1.74 bits per heavy atom. The first-order valence-electron chi connectivity index (χ1n) is 6.90. The van der Waals surface area contributed by atoms with Gasteiger partial charge >= 0.3 is 5.97 Å². The molecule has 1 aromatic carbocycles. The van der Waals surface area contributed by atoms with Crippen molar-refractivity contribution in [1.82, 2.24) is 0 Å². The number of unbranched alkanes of at least 4 members (excludes halogenated alkanes) is 3. The lowest BCUT2D eigenvalue weighted by Crippen LogP contribution is -2.24. The van der Waals surface area contributed by atoms with E-state index in [1.54, 1.807) is 12.1 Å². The third kappa shape index (κ3) is 4.86. The van der Waals surface area contributed by atoms with Gasteiger partial charge in [0, 0.05) is 5.56 Å². The van der Waals surface area contributed by atoms with E-state index in [9.17, 15) is 14.7 Å². The number of rotatable bonds is 8. The summed E-state index contributed by atoms with van der Waals surface area (Å²) in [5.41, 5.74) is 1.56. The molecule has 3 nitrogen and oxygen atoms in total. The van der Waals surface area contributed by atoms with E-state index in [4.69, 9.17) is 0 Å². The molecule has 0 bridgehead atoms. The highest BCUT2D eigenvalue weighted by Crippen LogP contribution is 2.17. The molecule has 0 aliphatic carbocycles. The van der Waals surface area contributed by atoms with Crippen molar-refractivity contribution in [2.24, 2.45) is 5.92 Å². The zero-order chi connectivity index (χ0) is 14.3. The first-order valence-corrected chi connectivity index (χ1v) is 6.90. The molecule has 0 saturated carbocycles. The molecule has 1 unspecified atom stereocenters. The van der Waals surface area contributed by atoms with Gasteiger partial charge in [-0.1, -0.05) is 62.4 Å². The predicted octanol–water partition coefficient (Wildman–Crippen LogP) is 3.85. The van der Waals surface area contributed by atoms with Crippen molar-refractivity contribution in [3.05, 3.63) is 35.4 Å². The lowest BCUT2D eigenvalue weighted by molar-refractivity contribution is -0.140. The topological polar surface area (TPSA) is 54.4 Å². The van der Waals surface area contributed by atoms with Gasteiger partial charge in [0.05, 0.1) is 0 Å². The Labute approximate surface area is 114 Å². The third-order valence-electron chi connectivity index (χ3n) is 3.30. The summed E-state index contributed by atoms with van der Waals surface area (Å²) in [6.45, 7) is 4.04. The summed E-state index contributed by atoms with van der Waals surface area (Å²) in [5.74, 6) is -2.19. The Morgan fingerprint density at radius 1 is 1.11 bits per heavy atom. The molecular weight excluding hydrogens is 240 g/mol. The Hall–Kier alpha value is -1.64. The van der Waals surface area contributed by atoms with Crippen molar-refractivity contribution in [1.29, 1.82) is 0 Å². The Kier molecular flexibility index (Phi) is 6.26. The Balaban J connectivity index is 2.67. The molecular formula is C16H22O3. The molecule has 3 heteroatoms. The second kappa shape index (κ2) is 7.72. The van der Waals surface area contributed by atoms with Gasteiger partial charge in [-0.05, 0) is 13.3 Å². The summed E-state index contributed by atoms with van der Waals surface area (Å²) in [5, 5.41) is 9.20. The van der Waals surface area contributed by atoms with E-state index in [1.807, 2.05) is 19.1 Å². The molecule has 0 radical (unpaired) electrons. The molecule has 0 aliphatic rings. The monoisotopic (exact) mass is 262 g/mol. The van der Waals surface area contributed by atoms with Crippen LogP contribution in [0.1, 0.15) is 54.9 Å². The van der Waals surface area contributed by atoms with Crippen molar-refractivity contribution < 1.29 is 14.7 Å². The van der Waals surface area contributed by atoms with Gasteiger partial charge in [0.15, 0.2) is 5.78 Å². The number of benzene rings is 1. The van der Waals surface area contributed by atoms with E-state index in [-0.39, 0.29) is 5.78 Å². The fraction of sp³-hybridized carbons (Fsp3) is 0.500. The molecule has 1 aromatic rings. The number of carbonyl (C=O) groups is 2.